The number of oxazole rings is 1. The van der Waals surface area contributed by atoms with Crippen LogP contribution in [0.3, 0.4) is 0 Å². The Balaban J connectivity index is 1.57. The number of nitrogens with zero attached hydrogens (tertiary/aromatic N) is 1. The fourth-order valence-corrected chi connectivity index (χ4v) is 2.88. The molecular weight excluding hydrogens is 387 g/mol. The van der Waals surface area contributed by atoms with E-state index in [9.17, 15) is 4.79 Å². The maximum Gasteiger partial charge on any atom is 0.248 e. The Morgan fingerprint density at radius 2 is 2.00 bits per heavy atom. The number of halogens is 2. The Bertz CT molecular complexity index is 1150. The number of hydrogen-bond acceptors (Lipinski definition) is 4. The Labute approximate surface area is 164 Å². The number of aromatic nitrogens is 1. The zero-order chi connectivity index (χ0) is 18.8. The van der Waals surface area contributed by atoms with Gasteiger partial charge in [-0.05, 0) is 54.6 Å². The molecule has 0 aliphatic heterocycles. The van der Waals surface area contributed by atoms with E-state index in [0.717, 1.165) is 0 Å². The number of benzene rings is 2. The van der Waals surface area contributed by atoms with E-state index < -0.39 is 0 Å². The minimum atomic E-state index is -0.285. The van der Waals surface area contributed by atoms with E-state index in [1.807, 2.05) is 0 Å². The van der Waals surface area contributed by atoms with Crippen LogP contribution in [0.25, 0.3) is 28.6 Å². The summed E-state index contributed by atoms with van der Waals surface area (Å²) in [6.45, 7) is 0. The molecule has 0 aliphatic rings. The van der Waals surface area contributed by atoms with Crippen LogP contribution in [-0.4, -0.2) is 10.9 Å². The second kappa shape index (κ2) is 7.31. The number of anilines is 1. The van der Waals surface area contributed by atoms with Gasteiger partial charge in [-0.25, -0.2) is 4.98 Å². The van der Waals surface area contributed by atoms with Crippen LogP contribution in [0.15, 0.2) is 69.7 Å². The van der Waals surface area contributed by atoms with Crippen molar-refractivity contribution in [1.82, 2.24) is 4.98 Å². The summed E-state index contributed by atoms with van der Waals surface area (Å²) in [5, 5.41) is 3.79. The molecule has 0 saturated carbocycles. The van der Waals surface area contributed by atoms with Crippen LogP contribution in [-0.2, 0) is 4.79 Å². The number of carbonyl (C=O) groups excluding carboxylic acids is 1. The van der Waals surface area contributed by atoms with Gasteiger partial charge in [0.05, 0.1) is 16.8 Å². The maximum atomic E-state index is 12.0. The monoisotopic (exact) mass is 398 g/mol. The third-order valence-corrected chi connectivity index (χ3v) is 4.32. The standard InChI is InChI=1S/C20H12Cl2N2O3/c21-12-3-6-16(22)15(10-12)20-24-17-11-13(4-7-18(17)27-20)23-19(25)8-5-14-2-1-9-26-14/h1-11H,(H,23,25). The molecule has 1 N–H and O–H groups in total. The Morgan fingerprint density at radius 1 is 1.11 bits per heavy atom. The molecule has 27 heavy (non-hydrogen) atoms. The van der Waals surface area contributed by atoms with Gasteiger partial charge >= 0.3 is 0 Å². The Kier molecular flexibility index (Phi) is 4.71. The molecule has 0 saturated heterocycles. The molecule has 5 nitrogen and oxygen atoms in total. The molecular formula is C20H12Cl2N2O3. The van der Waals surface area contributed by atoms with Crippen molar-refractivity contribution in [2.75, 3.05) is 5.32 Å². The summed E-state index contributed by atoms with van der Waals surface area (Å²) in [5.74, 6) is 0.672. The van der Waals surface area contributed by atoms with Crippen LogP contribution in [0.4, 0.5) is 5.69 Å². The lowest BCUT2D eigenvalue weighted by atomic mass is 10.2. The Hall–Kier alpha value is -3.02. The van der Waals surface area contributed by atoms with Crippen molar-refractivity contribution < 1.29 is 13.6 Å². The number of rotatable bonds is 4. The van der Waals surface area contributed by atoms with Crippen molar-refractivity contribution in [3.8, 4) is 11.5 Å². The molecule has 2 aromatic heterocycles. The van der Waals surface area contributed by atoms with Crippen LogP contribution < -0.4 is 5.32 Å². The van der Waals surface area contributed by atoms with Gasteiger partial charge in [-0.2, -0.15) is 0 Å². The van der Waals surface area contributed by atoms with Crippen LogP contribution >= 0.6 is 23.2 Å². The summed E-state index contributed by atoms with van der Waals surface area (Å²) >= 11 is 12.2. The van der Waals surface area contributed by atoms with E-state index in [1.54, 1.807) is 60.9 Å². The van der Waals surface area contributed by atoms with Gasteiger partial charge < -0.3 is 14.2 Å². The highest BCUT2D eigenvalue weighted by atomic mass is 35.5. The van der Waals surface area contributed by atoms with Gasteiger partial charge in [0.15, 0.2) is 5.58 Å². The molecule has 0 spiro atoms. The summed E-state index contributed by atoms with van der Waals surface area (Å²) in [6, 6.07) is 13.8. The molecule has 0 bridgehead atoms. The highest BCUT2D eigenvalue weighted by Crippen LogP contribution is 2.32. The lowest BCUT2D eigenvalue weighted by Gasteiger charge is -2.00. The first-order valence-corrected chi connectivity index (χ1v) is 8.73. The van der Waals surface area contributed by atoms with Crippen LogP contribution in [0.1, 0.15) is 5.76 Å². The van der Waals surface area contributed by atoms with Gasteiger partial charge in [-0.3, -0.25) is 4.79 Å². The number of hydrogen-bond donors (Lipinski definition) is 1. The van der Waals surface area contributed by atoms with Gasteiger partial charge in [0.25, 0.3) is 0 Å². The summed E-state index contributed by atoms with van der Waals surface area (Å²) < 4.78 is 10.9. The zero-order valence-corrected chi connectivity index (χ0v) is 15.3. The van der Waals surface area contributed by atoms with Crippen molar-refractivity contribution in [3.05, 3.63) is 76.7 Å². The molecule has 2 heterocycles. The van der Waals surface area contributed by atoms with Gasteiger partial charge in [0.1, 0.15) is 11.3 Å². The molecule has 7 heteroatoms. The number of carbonyl (C=O) groups is 1. The molecule has 2 aromatic carbocycles. The number of amides is 1. The first-order valence-electron chi connectivity index (χ1n) is 7.97. The van der Waals surface area contributed by atoms with Crippen LogP contribution in [0, 0.1) is 0 Å². The van der Waals surface area contributed by atoms with Crippen LogP contribution in [0.5, 0.6) is 0 Å². The first kappa shape index (κ1) is 17.4. The Morgan fingerprint density at radius 3 is 2.81 bits per heavy atom. The molecule has 0 unspecified atom stereocenters. The SMILES string of the molecule is O=C(C=Cc1ccco1)Nc1ccc2oc(-c3cc(Cl)ccc3Cl)nc2c1. The quantitative estimate of drug-likeness (QED) is 0.425. The minimum absolute atomic E-state index is 0.285. The second-order valence-corrected chi connectivity index (χ2v) is 6.51. The topological polar surface area (TPSA) is 68.3 Å². The molecule has 0 radical (unpaired) electrons. The molecule has 1 amide bonds. The molecule has 4 rings (SSSR count). The van der Waals surface area contributed by atoms with E-state index >= 15 is 0 Å². The van der Waals surface area contributed by atoms with E-state index in [2.05, 4.69) is 10.3 Å². The summed E-state index contributed by atoms with van der Waals surface area (Å²) in [7, 11) is 0. The lowest BCUT2D eigenvalue weighted by molar-refractivity contribution is -0.111. The highest BCUT2D eigenvalue weighted by Gasteiger charge is 2.13. The van der Waals surface area contributed by atoms with Crippen molar-refractivity contribution in [2.45, 2.75) is 0 Å². The molecule has 4 aromatic rings. The second-order valence-electron chi connectivity index (χ2n) is 5.66. The van der Waals surface area contributed by atoms with E-state index in [4.69, 9.17) is 32.0 Å². The van der Waals surface area contributed by atoms with Crippen LogP contribution in [0.2, 0.25) is 10.0 Å². The van der Waals surface area contributed by atoms with Crippen molar-refractivity contribution >= 4 is 52.0 Å². The van der Waals surface area contributed by atoms with Gasteiger partial charge in [-0.1, -0.05) is 23.2 Å². The predicted octanol–water partition coefficient (Wildman–Crippen LogP) is 6.05. The predicted molar refractivity (Wildman–Crippen MR) is 106 cm³/mol. The summed E-state index contributed by atoms with van der Waals surface area (Å²) in [6.07, 6.45) is 4.52. The first-order chi connectivity index (χ1) is 13.1. The number of furan rings is 1. The largest absolute Gasteiger partial charge is 0.465 e. The van der Waals surface area contributed by atoms with E-state index in [-0.39, 0.29) is 5.91 Å². The maximum absolute atomic E-state index is 12.0. The average molecular weight is 399 g/mol. The third kappa shape index (κ3) is 3.89. The van der Waals surface area contributed by atoms with E-state index in [1.165, 1.54) is 6.08 Å². The number of fused-ring (bicyclic) bond motifs is 1. The molecule has 134 valence electrons. The smallest absolute Gasteiger partial charge is 0.248 e. The van der Waals surface area contributed by atoms with Crippen molar-refractivity contribution in [2.24, 2.45) is 0 Å². The van der Waals surface area contributed by atoms with Gasteiger partial charge in [-0.15, -0.1) is 0 Å². The molecule has 0 aliphatic carbocycles. The van der Waals surface area contributed by atoms with E-state index in [0.29, 0.717) is 44.0 Å². The normalized spacial score (nSPS) is 11.3. The average Bonchev–Trinajstić information content (AvgIpc) is 3.31. The minimum Gasteiger partial charge on any atom is -0.465 e. The van der Waals surface area contributed by atoms with Gasteiger partial charge in [0.2, 0.25) is 11.8 Å². The fraction of sp³-hybridized carbons (Fsp3) is 0. The summed E-state index contributed by atoms with van der Waals surface area (Å²) in [4.78, 5) is 16.5. The fourth-order valence-electron chi connectivity index (χ4n) is 2.51. The van der Waals surface area contributed by atoms with Crippen molar-refractivity contribution in [1.29, 1.82) is 0 Å². The van der Waals surface area contributed by atoms with Crippen molar-refractivity contribution in [3.63, 3.8) is 0 Å². The van der Waals surface area contributed by atoms with Gasteiger partial charge in [0, 0.05) is 16.8 Å². The summed E-state index contributed by atoms with van der Waals surface area (Å²) in [5.41, 5.74) is 2.36. The highest BCUT2D eigenvalue weighted by molar-refractivity contribution is 6.35. The number of nitrogens with one attached hydrogen (secondary N) is 1. The molecule has 0 fully saturated rings. The zero-order valence-electron chi connectivity index (χ0n) is 13.8. The third-order valence-electron chi connectivity index (χ3n) is 3.76. The lowest BCUT2D eigenvalue weighted by Crippen LogP contribution is -2.07. The molecule has 0 atom stereocenters.